The van der Waals surface area contributed by atoms with Crippen LogP contribution in [0.5, 0.6) is 0 Å². The third kappa shape index (κ3) is 5.69. The normalized spacial score (nSPS) is 14.3. The van der Waals surface area contributed by atoms with Crippen molar-refractivity contribution in [2.75, 3.05) is 11.9 Å². The fourth-order valence-electron chi connectivity index (χ4n) is 3.18. The molecular weight excluding hydrogens is 439 g/mol. The van der Waals surface area contributed by atoms with E-state index in [-0.39, 0.29) is 24.0 Å². The van der Waals surface area contributed by atoms with Gasteiger partial charge in [0.15, 0.2) is 5.96 Å². The Bertz CT molecular complexity index is 707. The van der Waals surface area contributed by atoms with Gasteiger partial charge in [-0.1, -0.05) is 25.5 Å². The van der Waals surface area contributed by atoms with Crippen molar-refractivity contribution in [1.82, 2.24) is 14.8 Å². The van der Waals surface area contributed by atoms with E-state index < -0.39 is 0 Å². The van der Waals surface area contributed by atoms with Gasteiger partial charge >= 0.3 is 0 Å². The Labute approximate surface area is 172 Å². The summed E-state index contributed by atoms with van der Waals surface area (Å²) >= 11 is 0. The highest BCUT2D eigenvalue weighted by Gasteiger charge is 2.13. The van der Waals surface area contributed by atoms with Gasteiger partial charge in [-0.25, -0.2) is 0 Å². The molecule has 0 fully saturated rings. The van der Waals surface area contributed by atoms with Crippen LogP contribution in [0.25, 0.3) is 0 Å². The van der Waals surface area contributed by atoms with Crippen molar-refractivity contribution >= 4 is 35.6 Å². The number of nitrogens with two attached hydrogens (primary N) is 1. The zero-order chi connectivity index (χ0) is 17.5. The van der Waals surface area contributed by atoms with Crippen LogP contribution in [0.1, 0.15) is 49.8 Å². The SMILES string of the molecule is CCc1ccc(NC(N)=NCCCc2nnc3n2CCCCC3)cc1.I. The van der Waals surface area contributed by atoms with E-state index in [2.05, 4.69) is 44.1 Å². The van der Waals surface area contributed by atoms with Gasteiger partial charge in [-0.15, -0.1) is 34.2 Å². The molecule has 0 saturated carbocycles. The van der Waals surface area contributed by atoms with Crippen molar-refractivity contribution in [2.24, 2.45) is 10.7 Å². The summed E-state index contributed by atoms with van der Waals surface area (Å²) in [4.78, 5) is 4.42. The van der Waals surface area contributed by atoms with Crippen molar-refractivity contribution in [2.45, 2.75) is 58.4 Å². The van der Waals surface area contributed by atoms with Crippen molar-refractivity contribution in [3.8, 4) is 0 Å². The zero-order valence-electron chi connectivity index (χ0n) is 15.4. The number of benzene rings is 1. The molecule has 26 heavy (non-hydrogen) atoms. The van der Waals surface area contributed by atoms with Gasteiger partial charge in [0, 0.05) is 31.6 Å². The van der Waals surface area contributed by atoms with Gasteiger partial charge in [0.1, 0.15) is 11.6 Å². The first kappa shape index (κ1) is 20.7. The summed E-state index contributed by atoms with van der Waals surface area (Å²) in [5, 5.41) is 11.8. The second kappa shape index (κ2) is 10.5. The van der Waals surface area contributed by atoms with E-state index in [0.29, 0.717) is 12.5 Å². The molecule has 1 aliphatic rings. The zero-order valence-corrected chi connectivity index (χ0v) is 17.8. The number of hydrogen-bond donors (Lipinski definition) is 2. The molecule has 7 heteroatoms. The van der Waals surface area contributed by atoms with Crippen LogP contribution in [0.4, 0.5) is 5.69 Å². The summed E-state index contributed by atoms with van der Waals surface area (Å²) in [7, 11) is 0. The fraction of sp³-hybridized carbons (Fsp3) is 0.526. The number of anilines is 1. The van der Waals surface area contributed by atoms with Gasteiger partial charge < -0.3 is 15.6 Å². The molecule has 3 rings (SSSR count). The first-order valence-electron chi connectivity index (χ1n) is 9.33. The molecule has 2 aromatic rings. The number of fused-ring (bicyclic) bond motifs is 1. The average Bonchev–Trinajstić information content (AvgIpc) is 2.86. The van der Waals surface area contributed by atoms with Crippen LogP contribution in [0, 0.1) is 0 Å². The highest BCUT2D eigenvalue weighted by Crippen LogP contribution is 2.15. The van der Waals surface area contributed by atoms with E-state index in [1.165, 1.54) is 24.8 Å². The smallest absolute Gasteiger partial charge is 0.193 e. The molecule has 1 aliphatic heterocycles. The number of aliphatic imine (C=N–C) groups is 1. The maximum atomic E-state index is 5.97. The number of guanidine groups is 1. The summed E-state index contributed by atoms with van der Waals surface area (Å²) in [6.07, 6.45) is 7.65. The third-order valence-corrected chi connectivity index (χ3v) is 4.66. The summed E-state index contributed by atoms with van der Waals surface area (Å²) in [6.45, 7) is 3.89. The van der Waals surface area contributed by atoms with E-state index in [1.54, 1.807) is 0 Å². The molecular formula is C19H29IN6. The molecule has 1 aromatic carbocycles. The monoisotopic (exact) mass is 468 g/mol. The number of rotatable bonds is 6. The van der Waals surface area contributed by atoms with Crippen molar-refractivity contribution in [1.29, 1.82) is 0 Å². The minimum absolute atomic E-state index is 0. The van der Waals surface area contributed by atoms with Crippen LogP contribution in [0.2, 0.25) is 0 Å². The standard InChI is InChI=1S/C19H28N6.HI/c1-2-15-9-11-16(12-10-15)22-19(20)21-13-6-8-18-24-23-17-7-4-3-5-14-25(17)18;/h9-12H,2-8,13-14H2,1H3,(H3,20,21,22);1H. The van der Waals surface area contributed by atoms with E-state index in [9.17, 15) is 0 Å². The fourth-order valence-corrected chi connectivity index (χ4v) is 3.18. The first-order valence-corrected chi connectivity index (χ1v) is 9.33. The molecule has 0 atom stereocenters. The number of halogens is 1. The minimum Gasteiger partial charge on any atom is -0.370 e. The maximum absolute atomic E-state index is 5.97. The molecule has 6 nitrogen and oxygen atoms in total. The molecule has 0 radical (unpaired) electrons. The first-order chi connectivity index (χ1) is 12.3. The predicted octanol–water partition coefficient (Wildman–Crippen LogP) is 3.54. The van der Waals surface area contributed by atoms with E-state index >= 15 is 0 Å². The molecule has 2 heterocycles. The molecule has 3 N–H and O–H groups in total. The summed E-state index contributed by atoms with van der Waals surface area (Å²) in [5.41, 5.74) is 8.26. The number of nitrogens with one attached hydrogen (secondary N) is 1. The van der Waals surface area contributed by atoms with Gasteiger partial charge in [-0.05, 0) is 43.4 Å². The Morgan fingerprint density at radius 3 is 2.77 bits per heavy atom. The highest BCUT2D eigenvalue weighted by molar-refractivity contribution is 14.0. The topological polar surface area (TPSA) is 81.1 Å². The second-order valence-electron chi connectivity index (χ2n) is 6.54. The Kier molecular flexibility index (Phi) is 8.34. The molecule has 1 aromatic heterocycles. The van der Waals surface area contributed by atoms with Gasteiger partial charge in [0.2, 0.25) is 0 Å². The molecule has 0 bridgehead atoms. The van der Waals surface area contributed by atoms with Crippen LogP contribution >= 0.6 is 24.0 Å². The van der Waals surface area contributed by atoms with E-state index in [0.717, 1.165) is 49.6 Å². The largest absolute Gasteiger partial charge is 0.370 e. The Morgan fingerprint density at radius 2 is 2.00 bits per heavy atom. The van der Waals surface area contributed by atoms with Crippen LogP contribution in [0.3, 0.4) is 0 Å². The van der Waals surface area contributed by atoms with Crippen LogP contribution in [-0.2, 0) is 25.8 Å². The third-order valence-electron chi connectivity index (χ3n) is 4.66. The predicted molar refractivity (Wildman–Crippen MR) is 117 cm³/mol. The van der Waals surface area contributed by atoms with Crippen molar-refractivity contribution in [3.63, 3.8) is 0 Å². The molecule has 0 aliphatic carbocycles. The van der Waals surface area contributed by atoms with Crippen molar-refractivity contribution in [3.05, 3.63) is 41.5 Å². The number of hydrogen-bond acceptors (Lipinski definition) is 3. The Hall–Kier alpha value is -1.64. The lowest BCUT2D eigenvalue weighted by Crippen LogP contribution is -2.22. The van der Waals surface area contributed by atoms with Gasteiger partial charge in [-0.3, -0.25) is 4.99 Å². The Morgan fingerprint density at radius 1 is 1.19 bits per heavy atom. The number of nitrogens with zero attached hydrogens (tertiary/aromatic N) is 4. The molecule has 0 spiro atoms. The molecule has 0 unspecified atom stereocenters. The lowest BCUT2D eigenvalue weighted by atomic mass is 10.1. The van der Waals surface area contributed by atoms with Crippen LogP contribution in [-0.4, -0.2) is 27.3 Å². The Balaban J connectivity index is 0.00000243. The molecule has 0 amide bonds. The lowest BCUT2D eigenvalue weighted by Gasteiger charge is -2.07. The lowest BCUT2D eigenvalue weighted by molar-refractivity contribution is 0.598. The van der Waals surface area contributed by atoms with Crippen molar-refractivity contribution < 1.29 is 0 Å². The quantitative estimate of drug-likeness (QED) is 0.294. The van der Waals surface area contributed by atoms with Gasteiger partial charge in [-0.2, -0.15) is 0 Å². The maximum Gasteiger partial charge on any atom is 0.193 e. The van der Waals surface area contributed by atoms with Gasteiger partial charge in [0.25, 0.3) is 0 Å². The summed E-state index contributed by atoms with van der Waals surface area (Å²) in [5.74, 6) is 2.70. The summed E-state index contributed by atoms with van der Waals surface area (Å²) < 4.78 is 2.30. The van der Waals surface area contributed by atoms with E-state index in [4.69, 9.17) is 5.73 Å². The van der Waals surface area contributed by atoms with Gasteiger partial charge in [0.05, 0.1) is 0 Å². The number of aromatic nitrogens is 3. The highest BCUT2D eigenvalue weighted by atomic mass is 127. The molecule has 0 saturated heterocycles. The van der Waals surface area contributed by atoms with E-state index in [1.807, 2.05) is 12.1 Å². The van der Waals surface area contributed by atoms with Crippen LogP contribution < -0.4 is 11.1 Å². The summed E-state index contributed by atoms with van der Waals surface area (Å²) in [6, 6.07) is 8.28. The average molecular weight is 468 g/mol. The number of aryl methyl sites for hydroxylation is 3. The van der Waals surface area contributed by atoms with Crippen LogP contribution in [0.15, 0.2) is 29.3 Å². The minimum atomic E-state index is 0. The molecule has 142 valence electrons. The second-order valence-corrected chi connectivity index (χ2v) is 6.54.